The van der Waals surface area contributed by atoms with Gasteiger partial charge in [0.05, 0.1) is 6.54 Å². The lowest BCUT2D eigenvalue weighted by Crippen LogP contribution is -2.40. The molecule has 7 nitrogen and oxygen atoms in total. The van der Waals surface area contributed by atoms with Crippen LogP contribution in [0.15, 0.2) is 23.5 Å². The average Bonchev–Trinajstić information content (AvgIpc) is 2.95. The van der Waals surface area contributed by atoms with Crippen LogP contribution >= 0.6 is 24.0 Å². The molecule has 28 heavy (non-hydrogen) atoms. The zero-order chi connectivity index (χ0) is 19.3. The second-order valence-electron chi connectivity index (χ2n) is 7.38. The first-order valence-electron chi connectivity index (χ1n) is 10.4. The number of likely N-dealkylation sites (tertiary alicyclic amines) is 1. The molecule has 1 aromatic heterocycles. The third-order valence-electron chi connectivity index (χ3n) is 4.81. The zero-order valence-electron chi connectivity index (χ0n) is 17.6. The molecule has 8 heteroatoms. The van der Waals surface area contributed by atoms with Crippen LogP contribution in [0.2, 0.25) is 0 Å². The van der Waals surface area contributed by atoms with E-state index < -0.39 is 0 Å². The van der Waals surface area contributed by atoms with Crippen LogP contribution in [0.5, 0.6) is 0 Å². The average molecular weight is 503 g/mol. The molecule has 0 amide bonds. The van der Waals surface area contributed by atoms with Gasteiger partial charge in [0, 0.05) is 26.1 Å². The summed E-state index contributed by atoms with van der Waals surface area (Å²) >= 11 is 0. The van der Waals surface area contributed by atoms with Crippen molar-refractivity contribution in [2.75, 3.05) is 39.3 Å². The number of nitrogens with one attached hydrogen (secondary N) is 2. The van der Waals surface area contributed by atoms with Crippen LogP contribution in [0, 0.1) is 0 Å². The van der Waals surface area contributed by atoms with E-state index in [-0.39, 0.29) is 24.0 Å². The van der Waals surface area contributed by atoms with E-state index >= 15 is 0 Å². The molecular weight excluding hydrogens is 465 g/mol. The minimum Gasteiger partial charge on any atom is -0.356 e. The number of hydrogen-bond donors (Lipinski definition) is 2. The van der Waals surface area contributed by atoms with Gasteiger partial charge in [-0.1, -0.05) is 31.9 Å². The van der Waals surface area contributed by atoms with Crippen molar-refractivity contribution >= 4 is 29.9 Å². The standard InChI is InChI=1S/C20H37N7.HI/c1-4-19-25-24-17-27(19)15-11-22-20(23-16-18(2)3)21-10-9-14-26-12-7-5-6-8-13-26;/h17H,2,4-16H2,1,3H3,(H2,21,22,23);1H. The van der Waals surface area contributed by atoms with E-state index in [4.69, 9.17) is 0 Å². The summed E-state index contributed by atoms with van der Waals surface area (Å²) in [5.74, 6) is 1.88. The smallest absolute Gasteiger partial charge is 0.191 e. The molecule has 1 fully saturated rings. The van der Waals surface area contributed by atoms with Crippen molar-refractivity contribution in [3.8, 4) is 0 Å². The van der Waals surface area contributed by atoms with Gasteiger partial charge in [-0.05, 0) is 45.8 Å². The topological polar surface area (TPSA) is 70.4 Å². The minimum absolute atomic E-state index is 0. The van der Waals surface area contributed by atoms with Crippen LogP contribution in [0.25, 0.3) is 0 Å². The highest BCUT2D eigenvalue weighted by Gasteiger charge is 2.08. The first-order chi connectivity index (χ1) is 13.2. The molecular formula is C20H38IN7. The molecule has 2 rings (SSSR count). The number of halogens is 1. The number of rotatable bonds is 10. The maximum Gasteiger partial charge on any atom is 0.191 e. The van der Waals surface area contributed by atoms with Gasteiger partial charge in [-0.25, -0.2) is 4.99 Å². The first-order valence-corrected chi connectivity index (χ1v) is 10.4. The summed E-state index contributed by atoms with van der Waals surface area (Å²) < 4.78 is 2.09. The lowest BCUT2D eigenvalue weighted by molar-refractivity contribution is 0.282. The Morgan fingerprint density at radius 2 is 1.86 bits per heavy atom. The Labute approximate surface area is 187 Å². The second kappa shape index (κ2) is 14.8. The number of guanidine groups is 1. The maximum atomic E-state index is 4.62. The van der Waals surface area contributed by atoms with Crippen molar-refractivity contribution in [2.24, 2.45) is 4.99 Å². The van der Waals surface area contributed by atoms with Crippen molar-refractivity contribution in [3.05, 3.63) is 24.3 Å². The summed E-state index contributed by atoms with van der Waals surface area (Å²) in [5, 5.41) is 15.0. The second-order valence-corrected chi connectivity index (χ2v) is 7.38. The summed E-state index contributed by atoms with van der Waals surface area (Å²) in [6.07, 6.45) is 9.31. The number of hydrogen-bond acceptors (Lipinski definition) is 4. The Bertz CT molecular complexity index is 577. The number of aryl methyl sites for hydroxylation is 1. The van der Waals surface area contributed by atoms with Crippen molar-refractivity contribution in [1.82, 2.24) is 30.3 Å². The highest BCUT2D eigenvalue weighted by molar-refractivity contribution is 14.0. The molecule has 0 unspecified atom stereocenters. The first kappa shape index (κ1) is 24.9. The van der Waals surface area contributed by atoms with Crippen LogP contribution in [0.3, 0.4) is 0 Å². The van der Waals surface area contributed by atoms with Crippen molar-refractivity contribution in [3.63, 3.8) is 0 Å². The molecule has 160 valence electrons. The lowest BCUT2D eigenvalue weighted by Gasteiger charge is -2.20. The molecule has 0 bridgehead atoms. The number of aliphatic imine (C=N–C) groups is 1. The van der Waals surface area contributed by atoms with E-state index in [1.54, 1.807) is 6.33 Å². The van der Waals surface area contributed by atoms with Gasteiger partial charge in [0.2, 0.25) is 0 Å². The van der Waals surface area contributed by atoms with E-state index in [0.717, 1.165) is 49.8 Å². The third-order valence-corrected chi connectivity index (χ3v) is 4.81. The van der Waals surface area contributed by atoms with Crippen LogP contribution in [0.4, 0.5) is 0 Å². The van der Waals surface area contributed by atoms with Crippen LogP contribution < -0.4 is 10.6 Å². The highest BCUT2D eigenvalue weighted by Crippen LogP contribution is 2.09. The largest absolute Gasteiger partial charge is 0.356 e. The van der Waals surface area contributed by atoms with Gasteiger partial charge in [0.25, 0.3) is 0 Å². The molecule has 1 aliphatic heterocycles. The van der Waals surface area contributed by atoms with Crippen LogP contribution in [-0.4, -0.2) is 64.9 Å². The van der Waals surface area contributed by atoms with Crippen molar-refractivity contribution in [2.45, 2.75) is 58.9 Å². The molecule has 0 aliphatic carbocycles. The normalized spacial score (nSPS) is 15.6. The zero-order valence-corrected chi connectivity index (χ0v) is 20.0. The molecule has 0 radical (unpaired) electrons. The summed E-state index contributed by atoms with van der Waals surface area (Å²) in [5.41, 5.74) is 1.06. The SMILES string of the molecule is C=C(C)CN=C(NCCCN1CCCCCC1)NCCn1cnnc1CC.I. The third kappa shape index (κ3) is 9.86. The fraction of sp³-hybridized carbons (Fsp3) is 0.750. The van der Waals surface area contributed by atoms with E-state index in [2.05, 4.69) is 48.8 Å². The van der Waals surface area contributed by atoms with Crippen molar-refractivity contribution in [1.29, 1.82) is 0 Å². The summed E-state index contributed by atoms with van der Waals surface area (Å²) in [4.78, 5) is 7.23. The maximum absolute atomic E-state index is 4.62. The van der Waals surface area contributed by atoms with Crippen LogP contribution in [0.1, 0.15) is 51.8 Å². The molecule has 1 aliphatic rings. The predicted octanol–water partition coefficient (Wildman–Crippen LogP) is 2.84. The van der Waals surface area contributed by atoms with E-state index in [1.165, 1.54) is 45.3 Å². The number of aromatic nitrogens is 3. The Kier molecular flexibility index (Phi) is 13.1. The highest BCUT2D eigenvalue weighted by atomic mass is 127. The molecule has 0 spiro atoms. The van der Waals surface area contributed by atoms with Gasteiger partial charge in [-0.3, -0.25) is 0 Å². The summed E-state index contributed by atoms with van der Waals surface area (Å²) in [7, 11) is 0. The van der Waals surface area contributed by atoms with Crippen molar-refractivity contribution < 1.29 is 0 Å². The quantitative estimate of drug-likeness (QED) is 0.169. The molecule has 1 aromatic rings. The van der Waals surface area contributed by atoms with E-state index in [0.29, 0.717) is 6.54 Å². The van der Waals surface area contributed by atoms with E-state index in [9.17, 15) is 0 Å². The summed E-state index contributed by atoms with van der Waals surface area (Å²) in [6.45, 7) is 14.9. The fourth-order valence-electron chi connectivity index (χ4n) is 3.29. The van der Waals surface area contributed by atoms with Gasteiger partial charge in [0.1, 0.15) is 12.2 Å². The van der Waals surface area contributed by atoms with Gasteiger partial charge in [-0.15, -0.1) is 34.2 Å². The Morgan fingerprint density at radius 3 is 2.54 bits per heavy atom. The Balaban J connectivity index is 0.00000392. The van der Waals surface area contributed by atoms with Gasteiger partial charge < -0.3 is 20.1 Å². The Morgan fingerprint density at radius 1 is 1.14 bits per heavy atom. The molecule has 0 aromatic carbocycles. The monoisotopic (exact) mass is 503 g/mol. The molecule has 0 saturated carbocycles. The lowest BCUT2D eigenvalue weighted by atomic mass is 10.2. The van der Waals surface area contributed by atoms with E-state index in [1.807, 2.05) is 6.92 Å². The molecule has 0 atom stereocenters. The molecule has 1 saturated heterocycles. The van der Waals surface area contributed by atoms with Crippen LogP contribution in [-0.2, 0) is 13.0 Å². The summed E-state index contributed by atoms with van der Waals surface area (Å²) in [6, 6.07) is 0. The predicted molar refractivity (Wildman–Crippen MR) is 127 cm³/mol. The fourth-order valence-corrected chi connectivity index (χ4v) is 3.29. The van der Waals surface area contributed by atoms with Gasteiger partial charge >= 0.3 is 0 Å². The minimum atomic E-state index is 0. The number of nitrogens with zero attached hydrogens (tertiary/aromatic N) is 5. The molecule has 2 N–H and O–H groups in total. The molecule has 2 heterocycles. The van der Waals surface area contributed by atoms with Gasteiger partial charge in [-0.2, -0.15) is 0 Å². The Hall–Kier alpha value is -1.16. The van der Waals surface area contributed by atoms with Gasteiger partial charge in [0.15, 0.2) is 5.96 Å².